The van der Waals surface area contributed by atoms with E-state index in [2.05, 4.69) is 0 Å². The van der Waals surface area contributed by atoms with E-state index in [9.17, 15) is 24.6 Å². The second-order valence-electron chi connectivity index (χ2n) is 11.9. The molecule has 0 radical (unpaired) electrons. The minimum Gasteiger partial charge on any atom is -0.431 e. The molecular formula is C26H30O9. The maximum Gasteiger partial charge on any atom is 0.335 e. The molecule has 1 aromatic rings. The number of hydrogen-bond acceptors (Lipinski definition) is 9. The molecule has 0 amide bonds. The molecule has 3 saturated heterocycles. The lowest BCUT2D eigenvalue weighted by atomic mass is 9.39. The summed E-state index contributed by atoms with van der Waals surface area (Å²) in [5.74, 6) is -3.50. The van der Waals surface area contributed by atoms with Gasteiger partial charge < -0.3 is 33.6 Å². The summed E-state index contributed by atoms with van der Waals surface area (Å²) in [6.07, 6.45) is 2.83. The molecule has 3 aliphatic heterocycles. The molecule has 7 fully saturated rings. The lowest BCUT2D eigenvalue weighted by Crippen LogP contribution is -2.83. The predicted molar refractivity (Wildman–Crippen MR) is 117 cm³/mol. The third-order valence-corrected chi connectivity index (χ3v) is 10.8. The molecular weight excluding hydrogens is 456 g/mol. The molecule has 9 nitrogen and oxygen atoms in total. The van der Waals surface area contributed by atoms with E-state index in [1.165, 1.54) is 12.3 Å². The molecule has 7 aliphatic rings. The van der Waals surface area contributed by atoms with Gasteiger partial charge in [0.25, 0.3) is 5.97 Å². The summed E-state index contributed by atoms with van der Waals surface area (Å²) in [5, 5.41) is 24.1. The van der Waals surface area contributed by atoms with Crippen molar-refractivity contribution in [1.82, 2.24) is 0 Å². The van der Waals surface area contributed by atoms with Crippen molar-refractivity contribution in [3.05, 3.63) is 34.4 Å². The third-order valence-electron chi connectivity index (χ3n) is 10.8. The summed E-state index contributed by atoms with van der Waals surface area (Å²) < 4.78 is 23.5. The van der Waals surface area contributed by atoms with Crippen molar-refractivity contribution in [3.8, 4) is 0 Å². The maximum atomic E-state index is 14.1. The zero-order valence-electron chi connectivity index (χ0n) is 19.8. The van der Waals surface area contributed by atoms with Crippen LogP contribution in [0.15, 0.2) is 27.6 Å². The molecule has 11 atom stereocenters. The number of fused-ring (bicyclic) bond motifs is 3. The number of carbonyl (C=O) groups excluding carboxylic acids is 2. The number of aldehydes is 1. The number of aliphatic hydroxyl groups is 2. The van der Waals surface area contributed by atoms with Crippen molar-refractivity contribution in [1.29, 1.82) is 0 Å². The number of hydrogen-bond donors (Lipinski definition) is 2. The molecule has 4 heterocycles. The fourth-order valence-corrected chi connectivity index (χ4v) is 9.49. The van der Waals surface area contributed by atoms with Crippen LogP contribution in [-0.4, -0.2) is 57.8 Å². The molecule has 188 valence electrons. The number of carbonyl (C=O) groups is 2. The first-order valence-electron chi connectivity index (χ1n) is 12.6. The van der Waals surface area contributed by atoms with Gasteiger partial charge >= 0.3 is 5.63 Å². The Morgan fingerprint density at radius 1 is 1.11 bits per heavy atom. The molecule has 1 spiro atoms. The molecule has 1 aromatic heterocycles. The third kappa shape index (κ3) is 2.31. The van der Waals surface area contributed by atoms with E-state index >= 15 is 0 Å². The Morgan fingerprint density at radius 3 is 2.60 bits per heavy atom. The summed E-state index contributed by atoms with van der Waals surface area (Å²) in [7, 11) is 0. The van der Waals surface area contributed by atoms with Gasteiger partial charge in [-0.15, -0.1) is 0 Å². The first-order valence-corrected chi connectivity index (χ1v) is 12.6. The molecule has 0 aromatic carbocycles. The number of ketones is 1. The van der Waals surface area contributed by atoms with Gasteiger partial charge in [0.1, 0.15) is 12.4 Å². The molecule has 4 aliphatic carbocycles. The lowest BCUT2D eigenvalue weighted by Gasteiger charge is -2.73. The Balaban J connectivity index is 1.37. The Bertz CT molecular complexity index is 1180. The Hall–Kier alpha value is -1.91. The van der Waals surface area contributed by atoms with Gasteiger partial charge in [-0.25, -0.2) is 4.79 Å². The van der Waals surface area contributed by atoms with Gasteiger partial charge in [0.05, 0.1) is 40.5 Å². The standard InChI is InChI=1S/C26H30O9/c1-22-15(13-3-4-18(28)32-11-13)6-8-26(22,31)16-5-7-24-10-14-9-17(34-23(2,33-14)35-24)25(24,12-27)19(16)20(29)21(22)30/h3-4,11-12,14-17,19-20,29,31H,5-10H2,1-2H3/t14-,15+,16+,17?,19+,20-,22-,23?,24?,25+,26-/m0/s1. The lowest BCUT2D eigenvalue weighted by molar-refractivity contribution is -0.542. The van der Waals surface area contributed by atoms with Crippen LogP contribution < -0.4 is 5.63 Å². The van der Waals surface area contributed by atoms with E-state index in [0.717, 1.165) is 6.29 Å². The van der Waals surface area contributed by atoms with E-state index in [4.69, 9.17) is 18.6 Å². The van der Waals surface area contributed by atoms with Crippen LogP contribution in [-0.2, 0) is 23.8 Å². The molecule has 4 saturated carbocycles. The summed E-state index contributed by atoms with van der Waals surface area (Å²) in [6.45, 7) is 3.43. The zero-order chi connectivity index (χ0) is 24.6. The van der Waals surface area contributed by atoms with Crippen LogP contribution in [0.4, 0.5) is 0 Å². The van der Waals surface area contributed by atoms with E-state index in [0.29, 0.717) is 44.1 Å². The monoisotopic (exact) mass is 486 g/mol. The molecule has 2 N–H and O–H groups in total. The first kappa shape index (κ1) is 22.3. The van der Waals surface area contributed by atoms with Gasteiger partial charge in [-0.1, -0.05) is 0 Å². The molecule has 3 unspecified atom stereocenters. The summed E-state index contributed by atoms with van der Waals surface area (Å²) >= 11 is 0. The van der Waals surface area contributed by atoms with E-state index < -0.39 is 69.4 Å². The second kappa shape index (κ2) is 6.50. The van der Waals surface area contributed by atoms with Crippen molar-refractivity contribution in [2.24, 2.45) is 22.7 Å². The van der Waals surface area contributed by atoms with Crippen molar-refractivity contribution >= 4 is 12.1 Å². The average Bonchev–Trinajstić information content (AvgIpc) is 3.09. The molecule has 9 heteroatoms. The number of Topliss-reactive ketones (excluding diaryl/α,β-unsaturated/α-hetero) is 1. The summed E-state index contributed by atoms with van der Waals surface area (Å²) in [5.41, 5.74) is -4.77. The predicted octanol–water partition coefficient (Wildman–Crippen LogP) is 1.43. The van der Waals surface area contributed by atoms with Crippen LogP contribution >= 0.6 is 0 Å². The van der Waals surface area contributed by atoms with Crippen molar-refractivity contribution in [2.75, 3.05) is 0 Å². The number of aliphatic hydroxyl groups excluding tert-OH is 1. The summed E-state index contributed by atoms with van der Waals surface area (Å²) in [4.78, 5) is 38.7. The Labute approximate surface area is 201 Å². The van der Waals surface area contributed by atoms with Crippen molar-refractivity contribution < 1.29 is 38.4 Å². The van der Waals surface area contributed by atoms with Crippen LogP contribution in [0.5, 0.6) is 0 Å². The van der Waals surface area contributed by atoms with Crippen molar-refractivity contribution in [3.63, 3.8) is 0 Å². The van der Waals surface area contributed by atoms with Crippen LogP contribution in [0.25, 0.3) is 0 Å². The topological polar surface area (TPSA) is 133 Å². The smallest absolute Gasteiger partial charge is 0.335 e. The van der Waals surface area contributed by atoms with Gasteiger partial charge in [-0.3, -0.25) is 4.79 Å². The molecule has 4 bridgehead atoms. The highest BCUT2D eigenvalue weighted by Gasteiger charge is 2.82. The average molecular weight is 487 g/mol. The van der Waals surface area contributed by atoms with Gasteiger partial charge in [0, 0.05) is 37.7 Å². The normalized spacial score (nSPS) is 55.8. The van der Waals surface area contributed by atoms with Crippen LogP contribution in [0, 0.1) is 22.7 Å². The fraction of sp³-hybridized carbons (Fsp3) is 0.731. The number of rotatable bonds is 2. The van der Waals surface area contributed by atoms with E-state index in [1.807, 2.05) is 0 Å². The minimum absolute atomic E-state index is 0.120. The van der Waals surface area contributed by atoms with Gasteiger partial charge in [0.2, 0.25) is 0 Å². The maximum absolute atomic E-state index is 14.1. The Kier molecular flexibility index (Phi) is 4.14. The summed E-state index contributed by atoms with van der Waals surface area (Å²) in [6, 6.07) is 2.93. The minimum atomic E-state index is -1.47. The highest BCUT2D eigenvalue weighted by molar-refractivity contribution is 5.93. The fourth-order valence-electron chi connectivity index (χ4n) is 9.49. The zero-order valence-corrected chi connectivity index (χ0v) is 19.8. The van der Waals surface area contributed by atoms with Crippen molar-refractivity contribution in [2.45, 2.75) is 93.8 Å². The highest BCUT2D eigenvalue weighted by atomic mass is 16.9. The molecule has 8 rings (SSSR count). The van der Waals surface area contributed by atoms with Crippen LogP contribution in [0.2, 0.25) is 0 Å². The largest absolute Gasteiger partial charge is 0.431 e. The first-order chi connectivity index (χ1) is 16.5. The van der Waals surface area contributed by atoms with E-state index in [-0.39, 0.29) is 6.10 Å². The van der Waals surface area contributed by atoms with E-state index in [1.54, 1.807) is 19.9 Å². The van der Waals surface area contributed by atoms with Crippen LogP contribution in [0.1, 0.15) is 63.9 Å². The SMILES string of the molecule is CC12OC3C[C@@H](CC4(CC[C@@H]5[C@H]([C@H](O)C(=O)[C@]6(C)[C@@H](c7ccc(=O)oc7)CC[C@]56O)[C@@]34C=O)O1)O2. The quantitative estimate of drug-likeness (QED) is 0.596. The molecule has 35 heavy (non-hydrogen) atoms. The van der Waals surface area contributed by atoms with Gasteiger partial charge in [0.15, 0.2) is 5.78 Å². The highest BCUT2D eigenvalue weighted by Crippen LogP contribution is 2.73. The van der Waals surface area contributed by atoms with Gasteiger partial charge in [-0.05, 0) is 50.2 Å². The van der Waals surface area contributed by atoms with Crippen LogP contribution in [0.3, 0.4) is 0 Å². The Morgan fingerprint density at radius 2 is 1.91 bits per heavy atom. The number of ether oxygens (including phenoxy) is 3. The second-order valence-corrected chi connectivity index (χ2v) is 11.9. The van der Waals surface area contributed by atoms with Gasteiger partial charge in [-0.2, -0.15) is 0 Å².